The highest BCUT2D eigenvalue weighted by molar-refractivity contribution is 6.30. The van der Waals surface area contributed by atoms with Gasteiger partial charge in [-0.1, -0.05) is 23.7 Å². The van der Waals surface area contributed by atoms with E-state index in [9.17, 15) is 4.79 Å². The molecule has 0 unspecified atom stereocenters. The van der Waals surface area contributed by atoms with Crippen LogP contribution in [0.3, 0.4) is 0 Å². The highest BCUT2D eigenvalue weighted by atomic mass is 35.5. The van der Waals surface area contributed by atoms with Crippen molar-refractivity contribution in [1.82, 2.24) is 4.98 Å². The van der Waals surface area contributed by atoms with Crippen LogP contribution in [-0.2, 0) is 6.54 Å². The molecule has 1 aliphatic rings. The molecule has 4 rings (SSSR count). The second kappa shape index (κ2) is 7.55. The zero-order valence-corrected chi connectivity index (χ0v) is 15.0. The Bertz CT molecular complexity index is 994. The first-order chi connectivity index (χ1) is 13.2. The number of anilines is 2. The molecule has 0 saturated heterocycles. The van der Waals surface area contributed by atoms with Crippen molar-refractivity contribution in [2.24, 2.45) is 0 Å². The molecule has 136 valence electrons. The highest BCUT2D eigenvalue weighted by Crippen LogP contribution is 2.32. The van der Waals surface area contributed by atoms with E-state index in [1.54, 1.807) is 42.6 Å². The summed E-state index contributed by atoms with van der Waals surface area (Å²) in [4.78, 5) is 16.7. The van der Waals surface area contributed by atoms with Crippen LogP contribution in [0, 0.1) is 0 Å². The molecule has 0 fully saturated rings. The molecule has 0 aliphatic carbocycles. The molecule has 0 atom stereocenters. The molecule has 2 heterocycles. The van der Waals surface area contributed by atoms with Gasteiger partial charge < -0.3 is 20.1 Å². The van der Waals surface area contributed by atoms with Gasteiger partial charge in [0.15, 0.2) is 11.5 Å². The van der Waals surface area contributed by atoms with Crippen LogP contribution in [0.1, 0.15) is 15.9 Å². The molecule has 27 heavy (non-hydrogen) atoms. The molecule has 0 bridgehead atoms. The maximum Gasteiger partial charge on any atom is 0.255 e. The molecular weight excluding hydrogens is 366 g/mol. The van der Waals surface area contributed by atoms with Crippen molar-refractivity contribution in [1.29, 1.82) is 0 Å². The molecule has 3 aromatic rings. The van der Waals surface area contributed by atoms with Gasteiger partial charge in [-0.05, 0) is 48.0 Å². The van der Waals surface area contributed by atoms with Crippen LogP contribution < -0.4 is 20.1 Å². The number of carbonyl (C=O) groups is 1. The van der Waals surface area contributed by atoms with Crippen molar-refractivity contribution in [2.45, 2.75) is 6.54 Å². The number of aromatic nitrogens is 1. The second-order valence-corrected chi connectivity index (χ2v) is 6.37. The van der Waals surface area contributed by atoms with Gasteiger partial charge in [-0.25, -0.2) is 4.98 Å². The Kier molecular flexibility index (Phi) is 4.80. The normalized spacial score (nSPS) is 11.9. The Morgan fingerprint density at radius 1 is 1.07 bits per heavy atom. The van der Waals surface area contributed by atoms with E-state index in [2.05, 4.69) is 15.6 Å². The van der Waals surface area contributed by atoms with E-state index in [0.29, 0.717) is 28.6 Å². The van der Waals surface area contributed by atoms with Crippen molar-refractivity contribution in [3.63, 3.8) is 0 Å². The van der Waals surface area contributed by atoms with E-state index in [4.69, 9.17) is 21.1 Å². The van der Waals surface area contributed by atoms with Gasteiger partial charge in [0.25, 0.3) is 5.91 Å². The minimum atomic E-state index is -0.231. The molecule has 0 radical (unpaired) electrons. The Morgan fingerprint density at radius 3 is 2.85 bits per heavy atom. The number of pyridine rings is 1. The van der Waals surface area contributed by atoms with Crippen molar-refractivity contribution >= 4 is 29.0 Å². The van der Waals surface area contributed by atoms with Crippen molar-refractivity contribution in [3.8, 4) is 11.5 Å². The Labute approximate surface area is 161 Å². The lowest BCUT2D eigenvalue weighted by molar-refractivity contribution is 0.102. The summed E-state index contributed by atoms with van der Waals surface area (Å²) < 4.78 is 10.7. The number of rotatable bonds is 5. The number of nitrogens with one attached hydrogen (secondary N) is 2. The summed E-state index contributed by atoms with van der Waals surface area (Å²) in [5.74, 6) is 1.85. The number of hydrogen-bond donors (Lipinski definition) is 2. The van der Waals surface area contributed by atoms with E-state index in [1.165, 1.54) is 0 Å². The number of amides is 1. The summed E-state index contributed by atoms with van der Waals surface area (Å²) in [6.45, 7) is 0.792. The summed E-state index contributed by atoms with van der Waals surface area (Å²) >= 11 is 5.95. The molecule has 0 spiro atoms. The third-order valence-corrected chi connectivity index (χ3v) is 4.25. The second-order valence-electron chi connectivity index (χ2n) is 5.94. The molecule has 1 amide bonds. The van der Waals surface area contributed by atoms with E-state index < -0.39 is 0 Å². The van der Waals surface area contributed by atoms with E-state index in [0.717, 1.165) is 17.1 Å². The first kappa shape index (κ1) is 17.2. The van der Waals surface area contributed by atoms with Gasteiger partial charge in [0, 0.05) is 29.0 Å². The summed E-state index contributed by atoms with van der Waals surface area (Å²) in [5, 5.41) is 6.59. The fourth-order valence-electron chi connectivity index (χ4n) is 2.68. The maximum absolute atomic E-state index is 12.4. The van der Waals surface area contributed by atoms with Crippen LogP contribution >= 0.6 is 11.6 Å². The van der Waals surface area contributed by atoms with Gasteiger partial charge in [0.1, 0.15) is 5.82 Å². The average Bonchev–Trinajstić information content (AvgIpc) is 3.14. The number of halogens is 1. The number of fused-ring (bicyclic) bond motifs is 1. The summed E-state index contributed by atoms with van der Waals surface area (Å²) in [6, 6.07) is 16.1. The third-order valence-electron chi connectivity index (χ3n) is 4.02. The molecule has 7 heteroatoms. The van der Waals surface area contributed by atoms with E-state index in [-0.39, 0.29) is 12.7 Å². The van der Waals surface area contributed by atoms with Crippen molar-refractivity contribution in [3.05, 3.63) is 76.9 Å². The van der Waals surface area contributed by atoms with Gasteiger partial charge in [0.05, 0.1) is 0 Å². The summed E-state index contributed by atoms with van der Waals surface area (Å²) in [6.07, 6.45) is 1.59. The largest absolute Gasteiger partial charge is 0.454 e. The SMILES string of the molecule is O=C(Nc1cccc(Cl)c1)c1ccnc(NCc2ccc3c(c2)OCO3)c1. The topological polar surface area (TPSA) is 72.5 Å². The predicted octanol–water partition coefficient (Wildman–Crippen LogP) is 4.33. The van der Waals surface area contributed by atoms with E-state index >= 15 is 0 Å². The number of nitrogens with zero attached hydrogens (tertiary/aromatic N) is 1. The molecule has 6 nitrogen and oxygen atoms in total. The van der Waals surface area contributed by atoms with Crippen LogP contribution in [-0.4, -0.2) is 17.7 Å². The molecule has 0 saturated carbocycles. The van der Waals surface area contributed by atoms with Crippen molar-refractivity contribution < 1.29 is 14.3 Å². The van der Waals surface area contributed by atoms with Gasteiger partial charge >= 0.3 is 0 Å². The minimum absolute atomic E-state index is 0.231. The molecule has 2 aromatic carbocycles. The Balaban J connectivity index is 1.42. The first-order valence-corrected chi connectivity index (χ1v) is 8.70. The van der Waals surface area contributed by atoms with Gasteiger partial charge in [0.2, 0.25) is 6.79 Å². The maximum atomic E-state index is 12.4. The van der Waals surface area contributed by atoms with Crippen molar-refractivity contribution in [2.75, 3.05) is 17.4 Å². The van der Waals surface area contributed by atoms with Crippen LogP contribution in [0.15, 0.2) is 60.8 Å². The molecule has 2 N–H and O–H groups in total. The number of ether oxygens (including phenoxy) is 2. The number of hydrogen-bond acceptors (Lipinski definition) is 5. The number of benzene rings is 2. The predicted molar refractivity (Wildman–Crippen MR) is 104 cm³/mol. The van der Waals surface area contributed by atoms with Crippen LogP contribution in [0.4, 0.5) is 11.5 Å². The Hall–Kier alpha value is -3.25. The zero-order chi connectivity index (χ0) is 18.6. The van der Waals surface area contributed by atoms with E-state index in [1.807, 2.05) is 18.2 Å². The zero-order valence-electron chi connectivity index (χ0n) is 14.2. The van der Waals surface area contributed by atoms with Gasteiger partial charge in [-0.15, -0.1) is 0 Å². The lowest BCUT2D eigenvalue weighted by Gasteiger charge is -2.09. The standard InChI is InChI=1S/C20H16ClN3O3/c21-15-2-1-3-16(10-15)24-20(25)14-6-7-22-19(9-14)23-11-13-4-5-17-18(8-13)27-12-26-17/h1-10H,11-12H2,(H,22,23)(H,24,25). The number of carbonyl (C=O) groups excluding carboxylic acids is 1. The van der Waals surface area contributed by atoms with Crippen LogP contribution in [0.2, 0.25) is 5.02 Å². The smallest absolute Gasteiger partial charge is 0.255 e. The van der Waals surface area contributed by atoms with Crippen LogP contribution in [0.25, 0.3) is 0 Å². The first-order valence-electron chi connectivity index (χ1n) is 8.33. The third kappa shape index (κ3) is 4.12. The fourth-order valence-corrected chi connectivity index (χ4v) is 2.87. The molecular formula is C20H16ClN3O3. The Morgan fingerprint density at radius 2 is 1.96 bits per heavy atom. The van der Waals surface area contributed by atoms with Gasteiger partial charge in [-0.3, -0.25) is 4.79 Å². The van der Waals surface area contributed by atoms with Crippen LogP contribution in [0.5, 0.6) is 11.5 Å². The lowest BCUT2D eigenvalue weighted by Crippen LogP contribution is -2.12. The molecule has 1 aromatic heterocycles. The quantitative estimate of drug-likeness (QED) is 0.688. The lowest BCUT2D eigenvalue weighted by atomic mass is 10.2. The molecule has 1 aliphatic heterocycles. The monoisotopic (exact) mass is 381 g/mol. The highest BCUT2D eigenvalue weighted by Gasteiger charge is 2.13. The average molecular weight is 382 g/mol. The fraction of sp³-hybridized carbons (Fsp3) is 0.100. The minimum Gasteiger partial charge on any atom is -0.454 e. The summed E-state index contributed by atoms with van der Waals surface area (Å²) in [7, 11) is 0. The van der Waals surface area contributed by atoms with Gasteiger partial charge in [-0.2, -0.15) is 0 Å². The summed E-state index contributed by atoms with van der Waals surface area (Å²) in [5.41, 5.74) is 2.16.